The van der Waals surface area contributed by atoms with Gasteiger partial charge >= 0.3 is 0 Å². The number of methoxy groups -OCH3 is 1. The van der Waals surface area contributed by atoms with Gasteiger partial charge in [0.1, 0.15) is 8.42 Å². The second kappa shape index (κ2) is 11.3. The summed E-state index contributed by atoms with van der Waals surface area (Å²) >= 11 is 0.578. The van der Waals surface area contributed by atoms with Crippen LogP contribution in [0.2, 0.25) is 0 Å². The molecule has 0 unspecified atom stereocenters. The minimum atomic E-state index is -4.32. The predicted molar refractivity (Wildman–Crippen MR) is 113 cm³/mol. The van der Waals surface area contributed by atoms with E-state index in [0.717, 1.165) is 0 Å². The first kappa shape index (κ1) is 26.4. The van der Waals surface area contributed by atoms with Gasteiger partial charge in [0, 0.05) is 44.8 Å². The van der Waals surface area contributed by atoms with E-state index >= 15 is 0 Å². The molecule has 1 amide bonds. The number of thiophene rings is 1. The Hall–Kier alpha value is -1.85. The molecule has 1 aliphatic heterocycles. The number of carbonyl (C=O) groups is 1. The molecule has 0 radical (unpaired) electrons. The molecule has 2 heterocycles. The molecule has 1 atom stereocenters. The van der Waals surface area contributed by atoms with Crippen LogP contribution in [0.1, 0.15) is 37.8 Å². The quantitative estimate of drug-likeness (QED) is 0.211. The number of amides is 1. The fourth-order valence-electron chi connectivity index (χ4n) is 3.10. The Kier molecular flexibility index (Phi) is 9.35. The number of hydrogen-bond acceptors (Lipinski definition) is 11. The lowest BCUT2D eigenvalue weighted by Crippen LogP contribution is -2.43. The number of fused-ring (bicyclic) bond motifs is 1. The molecule has 2 N–H and O–H groups in total. The van der Waals surface area contributed by atoms with E-state index in [-0.39, 0.29) is 41.0 Å². The van der Waals surface area contributed by atoms with Crippen molar-refractivity contribution in [3.8, 4) is 0 Å². The van der Waals surface area contributed by atoms with Crippen LogP contribution in [0.3, 0.4) is 0 Å². The minimum Gasteiger partial charge on any atom is -0.385 e. The molecule has 0 aromatic carbocycles. The second-order valence-corrected chi connectivity index (χ2v) is 11.9. The summed E-state index contributed by atoms with van der Waals surface area (Å²) in [5.41, 5.74) is 0.340. The molecule has 0 aliphatic carbocycles. The molecule has 1 aromatic heterocycles. The minimum absolute atomic E-state index is 0.0589. The number of hydrogen-bond donors (Lipinski definition) is 2. The number of sulfonamides is 2. The summed E-state index contributed by atoms with van der Waals surface area (Å²) in [6.07, 6.45) is 0.108. The van der Waals surface area contributed by atoms with Crippen LogP contribution in [0.15, 0.2) is 14.5 Å². The van der Waals surface area contributed by atoms with E-state index in [0.29, 0.717) is 36.5 Å². The molecule has 1 aromatic rings. The Morgan fingerprint density at radius 1 is 1.38 bits per heavy atom. The van der Waals surface area contributed by atoms with Crippen LogP contribution in [0.5, 0.6) is 0 Å². The van der Waals surface area contributed by atoms with Crippen molar-refractivity contribution in [3.05, 3.63) is 21.7 Å². The third-order valence-electron chi connectivity index (χ3n) is 4.50. The summed E-state index contributed by atoms with van der Waals surface area (Å²) in [5.74, 6) is -0.879. The number of likely N-dealkylation sites (N-methyl/N-ethyl adjacent to an activating group) is 1. The molecule has 1 aliphatic rings. The van der Waals surface area contributed by atoms with E-state index in [1.54, 1.807) is 0 Å². The van der Waals surface area contributed by atoms with Crippen molar-refractivity contribution in [1.82, 2.24) is 14.3 Å². The summed E-state index contributed by atoms with van der Waals surface area (Å²) in [5, 5.41) is 12.3. The van der Waals surface area contributed by atoms with Crippen molar-refractivity contribution >= 4 is 37.3 Å². The summed E-state index contributed by atoms with van der Waals surface area (Å²) in [4.78, 5) is 26.1. The third-order valence-corrected chi connectivity index (χ3v) is 9.89. The Labute approximate surface area is 190 Å². The molecule has 13 nitrogen and oxygen atoms in total. The summed E-state index contributed by atoms with van der Waals surface area (Å²) in [6, 6.07) is 0.860. The highest BCUT2D eigenvalue weighted by atomic mass is 32.3. The zero-order valence-electron chi connectivity index (χ0n) is 17.6. The van der Waals surface area contributed by atoms with Crippen molar-refractivity contribution in [2.24, 2.45) is 0 Å². The van der Waals surface area contributed by atoms with Gasteiger partial charge in [0.15, 0.2) is 0 Å². The van der Waals surface area contributed by atoms with Gasteiger partial charge in [-0.05, 0) is 25.5 Å². The summed E-state index contributed by atoms with van der Waals surface area (Å²) in [6.45, 7) is 2.79. The summed E-state index contributed by atoms with van der Waals surface area (Å²) < 4.78 is 59.2. The topological polar surface area (TPSA) is 174 Å². The lowest BCUT2D eigenvalue weighted by Gasteiger charge is -2.32. The monoisotopic (exact) mass is 514 g/mol. The SMILES string of the molecule is CCN[C@H]1CN(CCCOC)S(=O)(=O)c2sc(S(=O)(=O)NC(=O)CCCO[N+](=O)[O-])cc21. The number of rotatable bonds is 13. The Morgan fingerprint density at radius 3 is 2.72 bits per heavy atom. The van der Waals surface area contributed by atoms with E-state index in [1.165, 1.54) is 17.5 Å². The smallest absolute Gasteiger partial charge is 0.294 e. The number of nitrogens with one attached hydrogen (secondary N) is 2. The molecule has 32 heavy (non-hydrogen) atoms. The van der Waals surface area contributed by atoms with Gasteiger partial charge in [-0.25, -0.2) is 21.6 Å². The molecular formula is C16H26N4O9S3. The van der Waals surface area contributed by atoms with Crippen LogP contribution in [0, 0.1) is 10.1 Å². The lowest BCUT2D eigenvalue weighted by atomic mass is 10.1. The van der Waals surface area contributed by atoms with Gasteiger partial charge in [-0.3, -0.25) is 4.79 Å². The van der Waals surface area contributed by atoms with Crippen molar-refractivity contribution in [1.29, 1.82) is 0 Å². The molecule has 0 fully saturated rings. The largest absolute Gasteiger partial charge is 0.385 e. The van der Waals surface area contributed by atoms with E-state index in [9.17, 15) is 31.7 Å². The van der Waals surface area contributed by atoms with Gasteiger partial charge in [0.05, 0.1) is 6.61 Å². The number of ether oxygens (including phenoxy) is 1. The van der Waals surface area contributed by atoms with E-state index in [2.05, 4.69) is 10.2 Å². The highest BCUT2D eigenvalue weighted by Gasteiger charge is 2.40. The van der Waals surface area contributed by atoms with Crippen molar-refractivity contribution < 1.29 is 36.3 Å². The maximum absolute atomic E-state index is 13.1. The first-order chi connectivity index (χ1) is 15.0. The first-order valence-corrected chi connectivity index (χ1v) is 13.5. The third kappa shape index (κ3) is 6.58. The normalized spacial score (nSPS) is 18.1. The van der Waals surface area contributed by atoms with Gasteiger partial charge in [-0.1, -0.05) is 6.92 Å². The van der Waals surface area contributed by atoms with Gasteiger partial charge in [0.25, 0.3) is 25.1 Å². The zero-order valence-corrected chi connectivity index (χ0v) is 20.1. The highest BCUT2D eigenvalue weighted by molar-refractivity contribution is 7.94. The maximum Gasteiger partial charge on any atom is 0.294 e. The fraction of sp³-hybridized carbons (Fsp3) is 0.688. The van der Waals surface area contributed by atoms with Gasteiger partial charge in [-0.2, -0.15) is 4.31 Å². The zero-order chi connectivity index (χ0) is 23.9. The molecule has 0 spiro atoms. The van der Waals surface area contributed by atoms with Crippen molar-refractivity contribution in [3.63, 3.8) is 0 Å². The average molecular weight is 515 g/mol. The number of carbonyl (C=O) groups excluding carboxylic acids is 1. The standard InChI is InChI=1S/C16H26N4O9S3/c1-3-17-13-11-19(7-5-8-28-2)32(26,27)16-12(13)10-15(30-16)31(24,25)18-14(21)6-4-9-29-20(22)23/h10,13,17H,3-9,11H2,1-2H3,(H,18,21)/t13-/m0/s1. The molecular weight excluding hydrogens is 488 g/mol. The van der Waals surface area contributed by atoms with Gasteiger partial charge in [-0.15, -0.1) is 21.5 Å². The van der Waals surface area contributed by atoms with Crippen molar-refractivity contribution in [2.45, 2.75) is 40.6 Å². The molecule has 0 bridgehead atoms. The molecule has 16 heteroatoms. The van der Waals surface area contributed by atoms with E-state index < -0.39 is 37.1 Å². The highest BCUT2D eigenvalue weighted by Crippen LogP contribution is 2.40. The van der Waals surface area contributed by atoms with Gasteiger partial charge in [0.2, 0.25) is 5.91 Å². The maximum atomic E-state index is 13.1. The van der Waals surface area contributed by atoms with Crippen LogP contribution in [-0.4, -0.2) is 72.1 Å². The van der Waals surface area contributed by atoms with Crippen LogP contribution in [-0.2, 0) is 34.4 Å². The second-order valence-electron chi connectivity index (χ2n) is 6.82. The number of nitrogens with zero attached hydrogens (tertiary/aromatic N) is 2. The molecule has 182 valence electrons. The fourth-order valence-corrected chi connectivity index (χ4v) is 8.00. The molecule has 0 saturated carbocycles. The Balaban J connectivity index is 2.23. The molecule has 2 rings (SSSR count). The average Bonchev–Trinajstić information content (AvgIpc) is 3.16. The van der Waals surface area contributed by atoms with E-state index in [4.69, 9.17) is 4.74 Å². The van der Waals surface area contributed by atoms with Crippen molar-refractivity contribution in [2.75, 3.05) is 40.0 Å². The first-order valence-electron chi connectivity index (χ1n) is 9.72. The summed E-state index contributed by atoms with van der Waals surface area (Å²) in [7, 11) is -6.71. The van der Waals surface area contributed by atoms with Crippen LogP contribution >= 0.6 is 11.3 Å². The lowest BCUT2D eigenvalue weighted by molar-refractivity contribution is -0.757. The van der Waals surface area contributed by atoms with Crippen LogP contribution in [0.25, 0.3) is 0 Å². The van der Waals surface area contributed by atoms with Gasteiger partial charge < -0.3 is 14.9 Å². The predicted octanol–water partition coefficient (Wildman–Crippen LogP) is 0.233. The van der Waals surface area contributed by atoms with E-state index in [1.807, 2.05) is 11.6 Å². The van der Waals surface area contributed by atoms with Crippen LogP contribution in [0.4, 0.5) is 0 Å². The van der Waals surface area contributed by atoms with Crippen LogP contribution < -0.4 is 10.0 Å². The Morgan fingerprint density at radius 2 is 2.09 bits per heavy atom. The Bertz CT molecular complexity index is 1020. The molecule has 0 saturated heterocycles.